The molecule has 36 nitrogen and oxygen atoms in total. The van der Waals surface area contributed by atoms with Gasteiger partial charge in [-0.05, 0) is 13.3 Å². The summed E-state index contributed by atoms with van der Waals surface area (Å²) in [6, 6.07) is -6.23. The lowest BCUT2D eigenvalue weighted by molar-refractivity contribution is -0.162. The smallest absolute Gasteiger partial charge is 0.329 e. The molecule has 0 bridgehead atoms. The van der Waals surface area contributed by atoms with Gasteiger partial charge in [-0.15, -0.1) is 0 Å². The maximum absolute atomic E-state index is 11.9. The fraction of sp³-hybridized carbons (Fsp3) is 0.550. The molecule has 5 aliphatic rings. The molecule has 13 N–H and O–H groups in total. The second-order valence-electron chi connectivity index (χ2n) is 17.1. The van der Waals surface area contributed by atoms with E-state index in [1.54, 1.807) is 0 Å². The number of ether oxygens (including phenoxy) is 1. The third-order valence-electron chi connectivity index (χ3n) is 11.2. The number of rotatable bonds is 20. The van der Waals surface area contributed by atoms with Crippen LogP contribution in [0.5, 0.6) is 0 Å². The Balaban J connectivity index is 0.000000348. The molecule has 0 aromatic rings. The Morgan fingerprint density at radius 3 is 1.13 bits per heavy atom. The zero-order chi connectivity index (χ0) is 58.9. The first-order valence-electron chi connectivity index (χ1n) is 21.2. The van der Waals surface area contributed by atoms with Crippen molar-refractivity contribution in [3.63, 3.8) is 0 Å². The number of likely N-dealkylation sites (tertiary alicyclic amines) is 4. The number of carboxylic acid groups (broad SMARTS) is 9. The number of aliphatic hydroxyl groups is 4. The van der Waals surface area contributed by atoms with Gasteiger partial charge >= 0.3 is 59.7 Å². The Morgan fingerprint density at radius 1 is 0.474 bits per heavy atom. The van der Waals surface area contributed by atoms with E-state index in [-0.39, 0.29) is 22.8 Å². The van der Waals surface area contributed by atoms with Gasteiger partial charge in [0.2, 0.25) is 23.6 Å². The summed E-state index contributed by atoms with van der Waals surface area (Å²) in [5.74, 6) is -23.1. The Morgan fingerprint density at radius 2 is 0.816 bits per heavy atom. The van der Waals surface area contributed by atoms with Crippen molar-refractivity contribution in [3.05, 3.63) is 0 Å². The highest BCUT2D eigenvalue weighted by molar-refractivity contribution is 6.13. The summed E-state index contributed by atoms with van der Waals surface area (Å²) in [5, 5.41) is 117. The maximum atomic E-state index is 11.9. The number of esters is 1. The normalized spacial score (nSPS) is 26.1. The van der Waals surface area contributed by atoms with Crippen LogP contribution in [0.2, 0.25) is 0 Å². The molecule has 8 amide bonds. The SMILES string of the molecule is CC(C(=O)O)N1C(=O)CC(O)(CC(=O)O)C1=O.O=C(O)CC(C(=O)O)N1C(=O)CC(O)(CC(=O)O)C1=O.O=C(O)CC1(O)CC(=O)N(C2CCOC2=O)C1=O.O=C(O)CCC(C(=O)O)N1C(=O)CC(O)(CC(=O)O)C1=O. The maximum Gasteiger partial charge on any atom is 0.329 e. The van der Waals surface area contributed by atoms with Crippen LogP contribution in [-0.4, -0.2) is 246 Å². The predicted octanol–water partition coefficient (Wildman–Crippen LogP) is -7.16. The molecule has 5 fully saturated rings. The minimum Gasteiger partial charge on any atom is -0.481 e. The Labute approximate surface area is 420 Å². The number of imide groups is 4. The molecule has 8 atom stereocenters. The van der Waals surface area contributed by atoms with Crippen molar-refractivity contribution in [2.24, 2.45) is 0 Å². The van der Waals surface area contributed by atoms with Crippen molar-refractivity contribution >= 4 is 107 Å². The molecule has 5 rings (SSSR count). The third kappa shape index (κ3) is 14.9. The van der Waals surface area contributed by atoms with E-state index in [2.05, 4.69) is 4.74 Å². The average molecular weight is 1090 g/mol. The van der Waals surface area contributed by atoms with Crippen LogP contribution in [0.25, 0.3) is 0 Å². The second kappa shape index (κ2) is 24.4. The van der Waals surface area contributed by atoms with Crippen LogP contribution in [0.1, 0.15) is 84.0 Å². The molecule has 76 heavy (non-hydrogen) atoms. The van der Waals surface area contributed by atoms with Gasteiger partial charge in [0, 0.05) is 12.8 Å². The van der Waals surface area contributed by atoms with Crippen LogP contribution < -0.4 is 0 Å². The van der Waals surface area contributed by atoms with Crippen LogP contribution >= 0.6 is 0 Å². The van der Waals surface area contributed by atoms with E-state index >= 15 is 0 Å². The Hall–Kier alpha value is -8.90. The summed E-state index contributed by atoms with van der Waals surface area (Å²) in [4.78, 5) is 202. The molecular formula is C40H46N4O32. The van der Waals surface area contributed by atoms with E-state index < -0.39 is 224 Å². The van der Waals surface area contributed by atoms with Gasteiger partial charge in [0.15, 0.2) is 22.4 Å². The lowest BCUT2D eigenvalue weighted by atomic mass is 9.98. The van der Waals surface area contributed by atoms with Gasteiger partial charge in [-0.1, -0.05) is 0 Å². The van der Waals surface area contributed by atoms with Gasteiger partial charge in [0.1, 0.15) is 24.2 Å². The van der Waals surface area contributed by atoms with E-state index in [1.165, 1.54) is 0 Å². The highest BCUT2D eigenvalue weighted by Crippen LogP contribution is 2.34. The van der Waals surface area contributed by atoms with Crippen molar-refractivity contribution in [3.8, 4) is 0 Å². The molecule has 5 aliphatic heterocycles. The first-order chi connectivity index (χ1) is 34.7. The summed E-state index contributed by atoms with van der Waals surface area (Å²) < 4.78 is 4.64. The molecule has 5 heterocycles. The van der Waals surface area contributed by atoms with E-state index in [0.29, 0.717) is 9.80 Å². The van der Waals surface area contributed by atoms with Crippen molar-refractivity contribution in [2.45, 2.75) is 131 Å². The number of amides is 8. The van der Waals surface area contributed by atoms with Crippen molar-refractivity contribution in [2.75, 3.05) is 6.61 Å². The number of carboxylic acids is 9. The molecule has 36 heteroatoms. The molecule has 418 valence electrons. The van der Waals surface area contributed by atoms with Crippen molar-refractivity contribution in [1.82, 2.24) is 19.6 Å². The lowest BCUT2D eigenvalue weighted by Crippen LogP contribution is -2.49. The Bertz CT molecular complexity index is 2540. The summed E-state index contributed by atoms with van der Waals surface area (Å²) >= 11 is 0. The second-order valence-corrected chi connectivity index (χ2v) is 17.1. The number of carbonyl (C=O) groups is 18. The van der Waals surface area contributed by atoms with Gasteiger partial charge in [0.05, 0.1) is 64.4 Å². The van der Waals surface area contributed by atoms with Gasteiger partial charge in [-0.2, -0.15) is 0 Å². The standard InChI is InChI=1S/C11H13NO9.C10H11NO9.C10H11NO7.C9H11NO7/c13-6-3-11(21,4-8(16)17)10(20)12(6)5(9(18)19)1-2-7(14)15;12-5-2-10(20,3-7(15)16)9(19)11(5)4(8(17)18)1-6(13)14;12-6-3-10(17,4-7(13)14)9(16)11(6)5-1-2-18-8(5)15;1-4(7(14)15)10-5(11)2-9(17,8(10)16)3-6(12)13/h5,21H,1-4H2,(H,14,15)(H,16,17)(H,18,19);4,20H,1-3H2,(H,13,14)(H,15,16)(H,17,18);5,17H,1-4H2,(H,13,14);4,17H,2-3H2,1H3,(H,12,13)(H,14,15). The quantitative estimate of drug-likeness (QED) is 0.0398. The fourth-order valence-electron chi connectivity index (χ4n) is 7.79. The molecule has 0 spiro atoms. The van der Waals surface area contributed by atoms with E-state index in [1.807, 2.05) is 0 Å². The zero-order valence-corrected chi connectivity index (χ0v) is 38.9. The average Bonchev–Trinajstić information content (AvgIpc) is 3.95. The molecule has 0 aromatic carbocycles. The Kier molecular flexibility index (Phi) is 20.3. The number of cyclic esters (lactones) is 1. The van der Waals surface area contributed by atoms with E-state index in [9.17, 15) is 107 Å². The van der Waals surface area contributed by atoms with Crippen molar-refractivity contribution < 1.29 is 157 Å². The minimum absolute atomic E-state index is 0.0952. The molecule has 0 saturated carbocycles. The first-order valence-corrected chi connectivity index (χ1v) is 21.2. The molecule has 5 saturated heterocycles. The van der Waals surface area contributed by atoms with Crippen molar-refractivity contribution in [1.29, 1.82) is 0 Å². The number of nitrogens with zero attached hydrogens (tertiary/aromatic N) is 4. The molecule has 0 radical (unpaired) electrons. The van der Waals surface area contributed by atoms with Gasteiger partial charge < -0.3 is 71.1 Å². The summed E-state index contributed by atoms with van der Waals surface area (Å²) in [5.41, 5.74) is -9.65. The topological polar surface area (TPSA) is 592 Å². The monoisotopic (exact) mass is 1090 g/mol. The lowest BCUT2D eigenvalue weighted by Gasteiger charge is -2.24. The van der Waals surface area contributed by atoms with E-state index in [0.717, 1.165) is 6.92 Å². The predicted molar refractivity (Wildman–Crippen MR) is 223 cm³/mol. The molecule has 8 unspecified atom stereocenters. The van der Waals surface area contributed by atoms with Crippen LogP contribution in [0.4, 0.5) is 0 Å². The van der Waals surface area contributed by atoms with Gasteiger partial charge in [0.25, 0.3) is 23.6 Å². The minimum atomic E-state index is -2.55. The van der Waals surface area contributed by atoms with Gasteiger partial charge in [-0.3, -0.25) is 86.7 Å². The molecule has 0 aromatic heterocycles. The largest absolute Gasteiger partial charge is 0.481 e. The van der Waals surface area contributed by atoms with Crippen LogP contribution in [0.3, 0.4) is 0 Å². The highest BCUT2D eigenvalue weighted by Gasteiger charge is 2.58. The van der Waals surface area contributed by atoms with Gasteiger partial charge in [-0.25, -0.2) is 19.2 Å². The fourth-order valence-corrected chi connectivity index (χ4v) is 7.79. The first kappa shape index (κ1) is 63.2. The molecule has 0 aliphatic carbocycles. The number of hydrogen-bond acceptors (Lipinski definition) is 23. The van der Waals surface area contributed by atoms with Crippen LogP contribution in [0.15, 0.2) is 0 Å². The summed E-state index contributed by atoms with van der Waals surface area (Å²) in [7, 11) is 0. The van der Waals surface area contributed by atoms with Crippen LogP contribution in [-0.2, 0) is 91.0 Å². The third-order valence-corrected chi connectivity index (χ3v) is 11.2. The highest BCUT2D eigenvalue weighted by atomic mass is 16.5. The summed E-state index contributed by atoms with van der Waals surface area (Å²) in [6.45, 7) is 1.20. The van der Waals surface area contributed by atoms with Crippen LogP contribution in [0, 0.1) is 0 Å². The number of hydrogen-bond donors (Lipinski definition) is 13. The summed E-state index contributed by atoms with van der Waals surface area (Å²) in [6.07, 6.45) is -9.02. The number of carbonyl (C=O) groups excluding carboxylic acids is 9. The molecular weight excluding hydrogens is 1050 g/mol. The van der Waals surface area contributed by atoms with E-state index in [4.69, 9.17) is 46.0 Å². The zero-order valence-electron chi connectivity index (χ0n) is 38.9. The number of aliphatic carboxylic acids is 9.